The van der Waals surface area contributed by atoms with Gasteiger partial charge < -0.3 is 14.2 Å². The molecule has 0 spiro atoms. The van der Waals surface area contributed by atoms with E-state index in [2.05, 4.69) is 26.5 Å². The molecule has 4 aromatic carbocycles. The fourth-order valence-corrected chi connectivity index (χ4v) is 3.75. The maximum absolute atomic E-state index is 12.6. The van der Waals surface area contributed by atoms with Crippen LogP contribution >= 0.6 is 15.9 Å². The second-order valence-electron chi connectivity index (χ2n) is 8.27. The van der Waals surface area contributed by atoms with Gasteiger partial charge in [0.25, 0.3) is 5.91 Å². The van der Waals surface area contributed by atoms with Crippen molar-refractivity contribution in [2.45, 2.75) is 13.5 Å². The molecule has 0 unspecified atom stereocenters. The molecule has 0 aliphatic rings. The highest BCUT2D eigenvalue weighted by Crippen LogP contribution is 2.23. The van der Waals surface area contributed by atoms with Gasteiger partial charge >= 0.3 is 5.97 Å². The van der Waals surface area contributed by atoms with Crippen molar-refractivity contribution < 1.29 is 23.8 Å². The number of nitrogens with one attached hydrogen (secondary N) is 1. The molecule has 0 aliphatic carbocycles. The average Bonchev–Trinajstić information content (AvgIpc) is 2.93. The van der Waals surface area contributed by atoms with Crippen molar-refractivity contribution in [1.29, 1.82) is 0 Å². The normalized spacial score (nSPS) is 10.7. The molecule has 1 amide bonds. The largest absolute Gasteiger partial charge is 0.489 e. The molecule has 0 bridgehead atoms. The van der Waals surface area contributed by atoms with Gasteiger partial charge in [-0.1, -0.05) is 64.0 Å². The van der Waals surface area contributed by atoms with Crippen molar-refractivity contribution in [3.05, 3.63) is 124 Å². The predicted octanol–water partition coefficient (Wildman–Crippen LogP) is 6.08. The van der Waals surface area contributed by atoms with E-state index < -0.39 is 11.9 Å². The molecule has 0 radical (unpaired) electrons. The number of rotatable bonds is 10. The maximum Gasteiger partial charge on any atom is 0.343 e. The molecule has 0 heterocycles. The lowest BCUT2D eigenvalue weighted by atomic mass is 10.1. The number of hydrogen-bond donors (Lipinski definition) is 1. The van der Waals surface area contributed by atoms with E-state index >= 15 is 0 Å². The summed E-state index contributed by atoms with van der Waals surface area (Å²) in [5, 5.41) is 3.98. The van der Waals surface area contributed by atoms with E-state index in [1.807, 2.05) is 43.3 Å². The number of nitrogens with zero attached hydrogens (tertiary/aromatic N) is 1. The second-order valence-corrected chi connectivity index (χ2v) is 9.18. The smallest absolute Gasteiger partial charge is 0.343 e. The Bertz CT molecular complexity index is 1420. The zero-order valence-electron chi connectivity index (χ0n) is 20.6. The Morgan fingerprint density at radius 2 is 1.61 bits per heavy atom. The quantitative estimate of drug-likeness (QED) is 0.108. The van der Waals surface area contributed by atoms with Crippen LogP contribution < -0.4 is 19.6 Å². The first kappa shape index (κ1) is 26.6. The third kappa shape index (κ3) is 8.04. The Labute approximate surface area is 229 Å². The number of carbonyl (C=O) groups is 2. The van der Waals surface area contributed by atoms with Gasteiger partial charge in [0.05, 0.1) is 11.8 Å². The molecule has 0 fully saturated rings. The first-order chi connectivity index (χ1) is 18.5. The first-order valence-corrected chi connectivity index (χ1v) is 12.6. The van der Waals surface area contributed by atoms with E-state index in [1.165, 1.54) is 6.21 Å². The third-order valence-corrected chi connectivity index (χ3v) is 5.76. The molecule has 4 rings (SSSR count). The van der Waals surface area contributed by atoms with Crippen LogP contribution in [-0.4, -0.2) is 24.7 Å². The minimum absolute atomic E-state index is 0.227. The van der Waals surface area contributed by atoms with E-state index in [-0.39, 0.29) is 6.61 Å². The Hall–Kier alpha value is -4.43. The number of hydrogen-bond acceptors (Lipinski definition) is 6. The summed E-state index contributed by atoms with van der Waals surface area (Å²) < 4.78 is 17.6. The lowest BCUT2D eigenvalue weighted by Gasteiger charge is -2.09. The van der Waals surface area contributed by atoms with Crippen LogP contribution in [-0.2, 0) is 11.4 Å². The summed E-state index contributed by atoms with van der Waals surface area (Å²) in [6, 6.07) is 29.1. The molecule has 0 aromatic heterocycles. The van der Waals surface area contributed by atoms with E-state index in [1.54, 1.807) is 60.7 Å². The fourth-order valence-electron chi connectivity index (χ4n) is 3.37. The summed E-state index contributed by atoms with van der Waals surface area (Å²) in [6.45, 7) is 2.14. The highest BCUT2D eigenvalue weighted by Gasteiger charge is 2.12. The van der Waals surface area contributed by atoms with Crippen LogP contribution in [0.1, 0.15) is 27.0 Å². The van der Waals surface area contributed by atoms with Gasteiger partial charge in [-0.3, -0.25) is 4.79 Å². The molecular formula is C30H25BrN2O5. The molecule has 0 atom stereocenters. The van der Waals surface area contributed by atoms with E-state index in [4.69, 9.17) is 14.2 Å². The number of hydrazone groups is 1. The van der Waals surface area contributed by atoms with E-state index in [0.717, 1.165) is 15.6 Å². The Kier molecular flexibility index (Phi) is 9.26. The van der Waals surface area contributed by atoms with Crippen LogP contribution in [0.4, 0.5) is 0 Å². The van der Waals surface area contributed by atoms with Gasteiger partial charge in [-0.15, -0.1) is 0 Å². The predicted molar refractivity (Wildman–Crippen MR) is 149 cm³/mol. The highest BCUT2D eigenvalue weighted by molar-refractivity contribution is 9.10. The number of benzene rings is 4. The number of aryl methyl sites for hydroxylation is 1. The van der Waals surface area contributed by atoms with Crippen LogP contribution in [0.15, 0.2) is 107 Å². The lowest BCUT2D eigenvalue weighted by molar-refractivity contribution is -0.123. The molecule has 38 heavy (non-hydrogen) atoms. The van der Waals surface area contributed by atoms with Crippen LogP contribution in [0.5, 0.6) is 17.2 Å². The molecule has 0 saturated heterocycles. The summed E-state index contributed by atoms with van der Waals surface area (Å²) >= 11 is 3.40. The van der Waals surface area contributed by atoms with Crippen molar-refractivity contribution in [1.82, 2.24) is 5.43 Å². The Morgan fingerprint density at radius 1 is 0.868 bits per heavy atom. The second kappa shape index (κ2) is 13.2. The minimum atomic E-state index is -0.486. The summed E-state index contributed by atoms with van der Waals surface area (Å²) in [4.78, 5) is 24.8. The van der Waals surface area contributed by atoms with E-state index in [9.17, 15) is 9.59 Å². The molecule has 0 saturated carbocycles. The van der Waals surface area contributed by atoms with Gasteiger partial charge in [0, 0.05) is 10.0 Å². The summed E-state index contributed by atoms with van der Waals surface area (Å²) in [5.41, 5.74) is 5.39. The standard InChI is InChI=1S/C30H25BrN2O5/c1-21-6-5-9-23(16-21)30(35)38-28-15-10-25(31)17-24(28)18-32-33-29(34)20-37-27-13-11-26(12-14-27)36-19-22-7-3-2-4-8-22/h2-18H,19-20H2,1H3,(H,33,34)/b32-18-. The van der Waals surface area contributed by atoms with Crippen molar-refractivity contribution >= 4 is 34.0 Å². The maximum atomic E-state index is 12.6. The topological polar surface area (TPSA) is 86.2 Å². The van der Waals surface area contributed by atoms with Crippen molar-refractivity contribution in [2.75, 3.05) is 6.61 Å². The SMILES string of the molecule is Cc1cccc(C(=O)Oc2ccc(Br)cc2/C=N\NC(=O)COc2ccc(OCc3ccccc3)cc2)c1. The number of amides is 1. The molecule has 7 nitrogen and oxygen atoms in total. The monoisotopic (exact) mass is 572 g/mol. The number of ether oxygens (including phenoxy) is 3. The zero-order valence-corrected chi connectivity index (χ0v) is 22.2. The van der Waals surface area contributed by atoms with E-state index in [0.29, 0.717) is 35.0 Å². The van der Waals surface area contributed by atoms with Crippen LogP contribution in [0.3, 0.4) is 0 Å². The fraction of sp³-hybridized carbons (Fsp3) is 0.100. The lowest BCUT2D eigenvalue weighted by Crippen LogP contribution is -2.24. The van der Waals surface area contributed by atoms with Crippen LogP contribution in [0.25, 0.3) is 0 Å². The number of carbonyl (C=O) groups excluding carboxylic acids is 2. The van der Waals surface area contributed by atoms with Gasteiger partial charge in [-0.05, 0) is 67.1 Å². The molecule has 0 aliphatic heterocycles. The number of esters is 1. The zero-order chi connectivity index (χ0) is 26.7. The minimum Gasteiger partial charge on any atom is -0.489 e. The molecular weight excluding hydrogens is 548 g/mol. The Balaban J connectivity index is 1.27. The van der Waals surface area contributed by atoms with Crippen LogP contribution in [0.2, 0.25) is 0 Å². The molecule has 4 aromatic rings. The van der Waals surface area contributed by atoms with Gasteiger partial charge in [0.2, 0.25) is 0 Å². The van der Waals surface area contributed by atoms with Crippen molar-refractivity contribution in [2.24, 2.45) is 5.10 Å². The van der Waals surface area contributed by atoms with Gasteiger partial charge in [0.15, 0.2) is 6.61 Å². The molecule has 1 N–H and O–H groups in total. The summed E-state index contributed by atoms with van der Waals surface area (Å²) in [7, 11) is 0. The average molecular weight is 573 g/mol. The van der Waals surface area contributed by atoms with Crippen LogP contribution in [0, 0.1) is 6.92 Å². The first-order valence-electron chi connectivity index (χ1n) is 11.8. The number of halogens is 1. The van der Waals surface area contributed by atoms with Crippen molar-refractivity contribution in [3.8, 4) is 17.2 Å². The van der Waals surface area contributed by atoms with Gasteiger partial charge in [-0.2, -0.15) is 5.10 Å². The molecule has 8 heteroatoms. The summed E-state index contributed by atoms with van der Waals surface area (Å²) in [5.74, 6) is 0.596. The van der Waals surface area contributed by atoms with Gasteiger partial charge in [-0.25, -0.2) is 10.2 Å². The summed E-state index contributed by atoms with van der Waals surface area (Å²) in [6.07, 6.45) is 1.40. The van der Waals surface area contributed by atoms with Crippen molar-refractivity contribution in [3.63, 3.8) is 0 Å². The molecule has 192 valence electrons. The van der Waals surface area contributed by atoms with Gasteiger partial charge in [0.1, 0.15) is 23.9 Å². The Morgan fingerprint density at radius 3 is 2.34 bits per heavy atom. The third-order valence-electron chi connectivity index (χ3n) is 5.26. The highest BCUT2D eigenvalue weighted by atomic mass is 79.9.